The molecule has 3 heterocycles. The molecule has 0 bridgehead atoms. The summed E-state index contributed by atoms with van der Waals surface area (Å²) in [6.07, 6.45) is 5.96. The second kappa shape index (κ2) is 8.34. The van der Waals surface area contributed by atoms with Crippen molar-refractivity contribution in [3.8, 4) is 11.1 Å². The first-order valence-corrected chi connectivity index (χ1v) is 11.1. The molecule has 0 atom stereocenters. The Hall–Kier alpha value is -3.09. The number of thioether (sulfide) groups is 1. The highest BCUT2D eigenvalue weighted by Crippen LogP contribution is 2.27. The van der Waals surface area contributed by atoms with Crippen molar-refractivity contribution in [3.05, 3.63) is 78.4 Å². The summed E-state index contributed by atoms with van der Waals surface area (Å²) in [6.45, 7) is 3.86. The number of H-pyrrole nitrogens is 2. The van der Waals surface area contributed by atoms with Crippen molar-refractivity contribution in [2.45, 2.75) is 18.4 Å². The molecule has 3 N–H and O–H groups in total. The Morgan fingerprint density at radius 2 is 1.93 bits per heavy atom. The maximum Gasteiger partial charge on any atom is 0.0924 e. The quantitative estimate of drug-likeness (QED) is 0.250. The predicted molar refractivity (Wildman–Crippen MR) is 125 cm³/mol. The third-order valence-electron chi connectivity index (χ3n) is 5.33. The Bertz CT molecular complexity index is 1300. The van der Waals surface area contributed by atoms with E-state index in [9.17, 15) is 0 Å². The van der Waals surface area contributed by atoms with E-state index in [1.165, 1.54) is 26.9 Å². The summed E-state index contributed by atoms with van der Waals surface area (Å²) in [4.78, 5) is 8.97. The number of hydrogen-bond acceptors (Lipinski definition) is 4. The minimum atomic E-state index is 0.868. The Morgan fingerprint density at radius 3 is 2.90 bits per heavy atom. The summed E-state index contributed by atoms with van der Waals surface area (Å²) in [5.74, 6) is 0.993. The van der Waals surface area contributed by atoms with Gasteiger partial charge in [0.05, 0.1) is 5.52 Å². The predicted octanol–water partition coefficient (Wildman–Crippen LogP) is 5.30. The first-order valence-electron chi connectivity index (χ1n) is 10.1. The molecule has 5 rings (SSSR count). The van der Waals surface area contributed by atoms with Gasteiger partial charge in [0.2, 0.25) is 0 Å². The molecule has 0 saturated heterocycles. The molecular weight excluding hydrogens is 390 g/mol. The van der Waals surface area contributed by atoms with Crippen molar-refractivity contribution < 1.29 is 0 Å². The number of aromatic amines is 2. The smallest absolute Gasteiger partial charge is 0.0924 e. The van der Waals surface area contributed by atoms with E-state index in [4.69, 9.17) is 0 Å². The number of aryl methyl sites for hydroxylation is 1. The van der Waals surface area contributed by atoms with Crippen LogP contribution in [0.2, 0.25) is 0 Å². The topological polar surface area (TPSA) is 69.4 Å². The number of para-hydroxylation sites is 1. The standard InChI is InChI=1S/C24H23N5S/c1-16-22-11-17(6-7-24(22)29-28-16)18-10-20(15-26-12-18)30-9-8-25-13-19-14-27-23-5-3-2-4-21(19)23/h2-7,10-12,14-15,25,27H,8-9,13H2,1H3,(H,28,29). The molecule has 0 unspecified atom stereocenters. The minimum absolute atomic E-state index is 0.868. The van der Waals surface area contributed by atoms with Gasteiger partial charge in [-0.15, -0.1) is 11.8 Å². The fourth-order valence-electron chi connectivity index (χ4n) is 3.72. The molecule has 0 amide bonds. The number of benzene rings is 2. The lowest BCUT2D eigenvalue weighted by Gasteiger charge is -2.07. The first-order chi connectivity index (χ1) is 14.8. The van der Waals surface area contributed by atoms with Crippen LogP contribution >= 0.6 is 11.8 Å². The molecule has 0 fully saturated rings. The molecule has 0 aliphatic rings. The van der Waals surface area contributed by atoms with Crippen LogP contribution < -0.4 is 5.32 Å². The summed E-state index contributed by atoms with van der Waals surface area (Å²) in [6, 6.07) is 17.0. The van der Waals surface area contributed by atoms with Crippen LogP contribution in [-0.4, -0.2) is 32.5 Å². The Kier molecular flexibility index (Phi) is 5.26. The summed E-state index contributed by atoms with van der Waals surface area (Å²) in [7, 11) is 0. The normalized spacial score (nSPS) is 11.5. The molecule has 0 aliphatic carbocycles. The van der Waals surface area contributed by atoms with E-state index in [-0.39, 0.29) is 0 Å². The molecule has 0 aliphatic heterocycles. The molecule has 0 radical (unpaired) electrons. The fourth-order valence-corrected chi connectivity index (χ4v) is 4.54. The molecule has 5 aromatic rings. The summed E-state index contributed by atoms with van der Waals surface area (Å²) < 4.78 is 0. The third kappa shape index (κ3) is 3.84. The number of nitrogens with one attached hydrogen (secondary N) is 3. The zero-order chi connectivity index (χ0) is 20.3. The average Bonchev–Trinajstić information content (AvgIpc) is 3.37. The zero-order valence-electron chi connectivity index (χ0n) is 16.8. The van der Waals surface area contributed by atoms with Crippen molar-refractivity contribution in [2.75, 3.05) is 12.3 Å². The number of aromatic nitrogens is 4. The maximum absolute atomic E-state index is 4.46. The number of rotatable bonds is 7. The fraction of sp³-hybridized carbons (Fsp3) is 0.167. The molecular formula is C24H23N5S. The molecule has 5 nitrogen and oxygen atoms in total. The molecule has 0 saturated carbocycles. The number of fused-ring (bicyclic) bond motifs is 2. The van der Waals surface area contributed by atoms with Crippen LogP contribution in [0.5, 0.6) is 0 Å². The summed E-state index contributed by atoms with van der Waals surface area (Å²) in [5.41, 5.74) is 6.89. The second-order valence-electron chi connectivity index (χ2n) is 7.37. The van der Waals surface area contributed by atoms with Crippen molar-refractivity contribution in [1.29, 1.82) is 0 Å². The van der Waals surface area contributed by atoms with Crippen LogP contribution in [0.25, 0.3) is 32.9 Å². The van der Waals surface area contributed by atoms with Gasteiger partial charge in [-0.05, 0) is 42.3 Å². The Labute approximate surface area is 179 Å². The van der Waals surface area contributed by atoms with E-state index in [1.807, 2.05) is 31.1 Å². The Balaban J connectivity index is 1.19. The SMILES string of the molecule is Cc1[nH]nc2ccc(-c3cncc(SCCNCc4c[nH]c5ccccc45)c3)cc12. The van der Waals surface area contributed by atoms with E-state index >= 15 is 0 Å². The largest absolute Gasteiger partial charge is 0.361 e. The lowest BCUT2D eigenvalue weighted by molar-refractivity contribution is 0.735. The highest BCUT2D eigenvalue weighted by Gasteiger charge is 2.06. The van der Waals surface area contributed by atoms with Crippen LogP contribution in [-0.2, 0) is 6.54 Å². The third-order valence-corrected chi connectivity index (χ3v) is 6.29. The van der Waals surface area contributed by atoms with Gasteiger partial charge >= 0.3 is 0 Å². The van der Waals surface area contributed by atoms with E-state index in [1.54, 1.807) is 0 Å². The van der Waals surface area contributed by atoms with Gasteiger partial charge in [-0.25, -0.2) is 0 Å². The van der Waals surface area contributed by atoms with Crippen LogP contribution in [0.4, 0.5) is 0 Å². The summed E-state index contributed by atoms with van der Waals surface area (Å²) >= 11 is 1.83. The van der Waals surface area contributed by atoms with E-state index in [0.29, 0.717) is 0 Å². The van der Waals surface area contributed by atoms with Gasteiger partial charge in [0.1, 0.15) is 0 Å². The van der Waals surface area contributed by atoms with Gasteiger partial charge in [-0.2, -0.15) is 5.10 Å². The van der Waals surface area contributed by atoms with E-state index < -0.39 is 0 Å². The molecule has 0 spiro atoms. The van der Waals surface area contributed by atoms with E-state index in [2.05, 4.69) is 80.2 Å². The highest BCUT2D eigenvalue weighted by molar-refractivity contribution is 7.99. The van der Waals surface area contributed by atoms with Crippen molar-refractivity contribution in [2.24, 2.45) is 0 Å². The Morgan fingerprint density at radius 1 is 1.00 bits per heavy atom. The van der Waals surface area contributed by atoms with Crippen LogP contribution in [0.1, 0.15) is 11.3 Å². The highest BCUT2D eigenvalue weighted by atomic mass is 32.2. The van der Waals surface area contributed by atoms with Crippen molar-refractivity contribution in [1.82, 2.24) is 25.5 Å². The van der Waals surface area contributed by atoms with Gasteiger partial charge in [-0.3, -0.25) is 10.1 Å². The average molecular weight is 414 g/mol. The minimum Gasteiger partial charge on any atom is -0.361 e. The van der Waals surface area contributed by atoms with Crippen molar-refractivity contribution >= 4 is 33.6 Å². The number of nitrogens with zero attached hydrogens (tertiary/aromatic N) is 2. The summed E-state index contributed by atoms with van der Waals surface area (Å²) in [5, 5.41) is 13.4. The molecule has 3 aromatic heterocycles. The van der Waals surface area contributed by atoms with Crippen LogP contribution in [0, 0.1) is 6.92 Å². The van der Waals surface area contributed by atoms with Crippen molar-refractivity contribution in [3.63, 3.8) is 0 Å². The first kappa shape index (κ1) is 18.9. The number of hydrogen-bond donors (Lipinski definition) is 3. The lowest BCUT2D eigenvalue weighted by atomic mass is 10.1. The van der Waals surface area contributed by atoms with Gasteiger partial charge in [-0.1, -0.05) is 24.3 Å². The molecule has 30 heavy (non-hydrogen) atoms. The molecule has 2 aromatic carbocycles. The maximum atomic E-state index is 4.46. The lowest BCUT2D eigenvalue weighted by Crippen LogP contribution is -2.16. The zero-order valence-corrected chi connectivity index (χ0v) is 17.6. The van der Waals surface area contributed by atoms with Gasteiger partial charge in [0, 0.05) is 69.9 Å². The van der Waals surface area contributed by atoms with Crippen LogP contribution in [0.15, 0.2) is 72.0 Å². The second-order valence-corrected chi connectivity index (χ2v) is 8.54. The molecule has 150 valence electrons. The van der Waals surface area contributed by atoms with Gasteiger partial charge in [0.25, 0.3) is 0 Å². The van der Waals surface area contributed by atoms with Gasteiger partial charge < -0.3 is 10.3 Å². The van der Waals surface area contributed by atoms with Gasteiger partial charge in [0.15, 0.2) is 0 Å². The monoisotopic (exact) mass is 413 g/mol. The number of pyridine rings is 1. The van der Waals surface area contributed by atoms with Crippen LogP contribution in [0.3, 0.4) is 0 Å². The molecule has 6 heteroatoms. The van der Waals surface area contributed by atoms with E-state index in [0.717, 1.165) is 41.0 Å².